The minimum absolute atomic E-state index is 0.0409. The lowest BCUT2D eigenvalue weighted by Crippen LogP contribution is -2.16. The lowest BCUT2D eigenvalue weighted by Gasteiger charge is -2.19. The Kier molecular flexibility index (Phi) is 20.7. The van der Waals surface area contributed by atoms with Crippen molar-refractivity contribution >= 4 is 29.4 Å². The molecule has 0 aromatic heterocycles. The third kappa shape index (κ3) is 15.9. The molecule has 0 spiro atoms. The van der Waals surface area contributed by atoms with Crippen molar-refractivity contribution in [2.75, 3.05) is 93.5 Å². The number of carbonyl (C=O) groups is 4. The van der Waals surface area contributed by atoms with E-state index in [9.17, 15) is 19.2 Å². The number of rotatable bonds is 28. The number of carbonyl (C=O) groups excluding carboxylic acids is 4. The first-order valence-electron chi connectivity index (χ1n) is 21.7. The van der Waals surface area contributed by atoms with E-state index in [-0.39, 0.29) is 108 Å². The molecule has 5 rings (SSSR count). The standard InChI is InChI=1S/C52H55NO15/c1-35(54)63-25-19-60-22-28-66-49-33-43(34-50(67-29-23-61-20-26-64-36(2)55)52(49)68-30-24-62-21-27-65-37(3)56)51(57)40-9-7-38(8-10-40)45-17-13-41(31-47(45)58-5)42-14-18-46(48(32-42)59-6)39-11-15-44(53-4)16-12-39/h7-18,31-34H,19-30H2,1-3,5-6H3. The molecule has 16 heteroatoms. The van der Waals surface area contributed by atoms with Crippen LogP contribution in [-0.2, 0) is 42.8 Å². The number of ketones is 1. The maximum absolute atomic E-state index is 14.3. The van der Waals surface area contributed by atoms with Gasteiger partial charge in [0.2, 0.25) is 5.75 Å². The van der Waals surface area contributed by atoms with E-state index < -0.39 is 17.9 Å². The molecule has 0 aliphatic heterocycles. The molecule has 0 unspecified atom stereocenters. The molecular weight excluding hydrogens is 879 g/mol. The number of methoxy groups -OCH3 is 2. The maximum atomic E-state index is 14.3. The average molecular weight is 934 g/mol. The molecule has 358 valence electrons. The van der Waals surface area contributed by atoms with Crippen LogP contribution in [0.1, 0.15) is 36.7 Å². The lowest BCUT2D eigenvalue weighted by molar-refractivity contribution is -0.143. The van der Waals surface area contributed by atoms with Gasteiger partial charge in [0, 0.05) is 43.0 Å². The van der Waals surface area contributed by atoms with Gasteiger partial charge in [-0.2, -0.15) is 0 Å². The first-order valence-corrected chi connectivity index (χ1v) is 21.7. The fourth-order valence-corrected chi connectivity index (χ4v) is 6.63. The van der Waals surface area contributed by atoms with Crippen LogP contribution in [0.25, 0.3) is 38.2 Å². The summed E-state index contributed by atoms with van der Waals surface area (Å²) in [6.07, 6.45) is 0. The quantitative estimate of drug-likeness (QED) is 0.0154. The highest BCUT2D eigenvalue weighted by Crippen LogP contribution is 2.41. The summed E-state index contributed by atoms with van der Waals surface area (Å²) in [4.78, 5) is 51.1. The third-order valence-corrected chi connectivity index (χ3v) is 9.83. The zero-order valence-electron chi connectivity index (χ0n) is 38.8. The smallest absolute Gasteiger partial charge is 0.302 e. The molecule has 16 nitrogen and oxygen atoms in total. The number of nitrogens with zero attached hydrogens (tertiary/aromatic N) is 1. The molecule has 0 N–H and O–H groups in total. The van der Waals surface area contributed by atoms with Gasteiger partial charge in [0.1, 0.15) is 51.1 Å². The lowest BCUT2D eigenvalue weighted by atomic mass is 9.95. The summed E-state index contributed by atoms with van der Waals surface area (Å²) in [5, 5.41) is 0. The Morgan fingerprint density at radius 1 is 0.426 bits per heavy atom. The number of hydrogen-bond donors (Lipinski definition) is 0. The summed E-state index contributed by atoms with van der Waals surface area (Å²) in [6.45, 7) is 12.4. The van der Waals surface area contributed by atoms with Crippen LogP contribution in [0, 0.1) is 6.57 Å². The molecule has 0 atom stereocenters. The van der Waals surface area contributed by atoms with Gasteiger partial charge in [-0.15, -0.1) is 0 Å². The Hall–Kier alpha value is -7.45. The highest BCUT2D eigenvalue weighted by molar-refractivity contribution is 6.10. The SMILES string of the molecule is [C-]#[N+]c1ccc(-c2ccc(-c3ccc(-c4ccc(C(=O)c5cc(OCCOCCOC(C)=O)c(OCCOCCOC(C)=O)c(OCCOCCOC(C)=O)c5)cc4)c(OC)c3)cc2OC)cc1. The van der Waals surface area contributed by atoms with Crippen LogP contribution < -0.4 is 23.7 Å². The minimum atomic E-state index is -0.419. The second-order valence-corrected chi connectivity index (χ2v) is 14.6. The van der Waals surface area contributed by atoms with Crippen LogP contribution >= 0.6 is 0 Å². The van der Waals surface area contributed by atoms with E-state index in [0.29, 0.717) is 22.7 Å². The van der Waals surface area contributed by atoms with E-state index in [1.807, 2.05) is 60.7 Å². The molecule has 68 heavy (non-hydrogen) atoms. The van der Waals surface area contributed by atoms with Gasteiger partial charge in [-0.3, -0.25) is 19.2 Å². The van der Waals surface area contributed by atoms with Crippen molar-refractivity contribution in [3.8, 4) is 62.1 Å². The molecular formula is C52H55NO15. The summed E-state index contributed by atoms with van der Waals surface area (Å²) in [5.41, 5.74) is 6.47. The van der Waals surface area contributed by atoms with Gasteiger partial charge >= 0.3 is 17.9 Å². The monoisotopic (exact) mass is 933 g/mol. The first-order chi connectivity index (χ1) is 33.0. The molecule has 0 heterocycles. The van der Waals surface area contributed by atoms with Crippen LogP contribution in [0.4, 0.5) is 5.69 Å². The van der Waals surface area contributed by atoms with Gasteiger partial charge in [0.25, 0.3) is 0 Å². The van der Waals surface area contributed by atoms with Crippen molar-refractivity contribution in [1.29, 1.82) is 0 Å². The second kappa shape index (κ2) is 27.3. The van der Waals surface area contributed by atoms with E-state index in [0.717, 1.165) is 33.4 Å². The van der Waals surface area contributed by atoms with Crippen LogP contribution in [0.5, 0.6) is 28.7 Å². The first kappa shape index (κ1) is 51.5. The summed E-state index contributed by atoms with van der Waals surface area (Å²) in [7, 11) is 3.23. The summed E-state index contributed by atoms with van der Waals surface area (Å²) in [6, 6.07) is 29.5. The van der Waals surface area contributed by atoms with Crippen LogP contribution in [-0.4, -0.2) is 117 Å². The molecule has 0 bridgehead atoms. The minimum Gasteiger partial charge on any atom is -0.496 e. The van der Waals surface area contributed by atoms with Gasteiger partial charge in [-0.1, -0.05) is 72.8 Å². The number of esters is 3. The molecule has 5 aromatic carbocycles. The Labute approximate surface area is 395 Å². The van der Waals surface area contributed by atoms with E-state index >= 15 is 0 Å². The van der Waals surface area contributed by atoms with E-state index in [1.54, 1.807) is 50.6 Å². The Morgan fingerprint density at radius 3 is 1.21 bits per heavy atom. The van der Waals surface area contributed by atoms with Crippen LogP contribution in [0.15, 0.2) is 97.1 Å². The largest absolute Gasteiger partial charge is 0.496 e. The predicted octanol–water partition coefficient (Wildman–Crippen LogP) is 8.36. The van der Waals surface area contributed by atoms with Crippen molar-refractivity contribution in [2.45, 2.75) is 20.8 Å². The summed E-state index contributed by atoms with van der Waals surface area (Å²) < 4.78 is 61.5. The van der Waals surface area contributed by atoms with Crippen molar-refractivity contribution in [3.05, 3.63) is 120 Å². The van der Waals surface area contributed by atoms with Gasteiger partial charge in [0.05, 0.1) is 60.4 Å². The molecule has 0 aliphatic carbocycles. The van der Waals surface area contributed by atoms with E-state index in [4.69, 9.17) is 58.7 Å². The number of benzene rings is 5. The van der Waals surface area contributed by atoms with E-state index in [2.05, 4.69) is 4.85 Å². The van der Waals surface area contributed by atoms with Crippen molar-refractivity contribution < 1.29 is 71.3 Å². The molecule has 0 amide bonds. The number of hydrogen-bond acceptors (Lipinski definition) is 15. The molecule has 0 radical (unpaired) electrons. The van der Waals surface area contributed by atoms with Crippen LogP contribution in [0.3, 0.4) is 0 Å². The molecule has 0 saturated carbocycles. The zero-order valence-corrected chi connectivity index (χ0v) is 38.8. The van der Waals surface area contributed by atoms with Gasteiger partial charge in [-0.05, 0) is 46.5 Å². The predicted molar refractivity (Wildman–Crippen MR) is 251 cm³/mol. The summed E-state index contributed by atoms with van der Waals surface area (Å²) >= 11 is 0. The second-order valence-electron chi connectivity index (χ2n) is 14.6. The Bertz CT molecular complexity index is 2450. The van der Waals surface area contributed by atoms with Gasteiger partial charge < -0.3 is 52.1 Å². The van der Waals surface area contributed by atoms with Gasteiger partial charge in [0.15, 0.2) is 23.0 Å². The van der Waals surface area contributed by atoms with Crippen LogP contribution in [0.2, 0.25) is 0 Å². The maximum Gasteiger partial charge on any atom is 0.302 e. The topological polar surface area (TPSA) is 174 Å². The van der Waals surface area contributed by atoms with Crippen molar-refractivity contribution in [3.63, 3.8) is 0 Å². The van der Waals surface area contributed by atoms with Crippen molar-refractivity contribution in [1.82, 2.24) is 0 Å². The fourth-order valence-electron chi connectivity index (χ4n) is 6.63. The average Bonchev–Trinajstić information content (AvgIpc) is 3.35. The Balaban J connectivity index is 1.37. The normalized spacial score (nSPS) is 10.6. The number of ether oxygens (including phenoxy) is 11. The molecule has 0 fully saturated rings. The van der Waals surface area contributed by atoms with Gasteiger partial charge in [-0.25, -0.2) is 4.85 Å². The van der Waals surface area contributed by atoms with Crippen molar-refractivity contribution in [2.24, 2.45) is 0 Å². The fraction of sp³-hybridized carbons (Fsp3) is 0.327. The zero-order chi connectivity index (χ0) is 48.7. The summed E-state index contributed by atoms with van der Waals surface area (Å²) in [5.74, 6) is 0.293. The Morgan fingerprint density at radius 2 is 0.809 bits per heavy atom. The molecule has 5 aromatic rings. The van der Waals surface area contributed by atoms with E-state index in [1.165, 1.54) is 20.8 Å². The molecule has 0 saturated heterocycles. The highest BCUT2D eigenvalue weighted by atomic mass is 16.6. The third-order valence-electron chi connectivity index (χ3n) is 9.83. The highest BCUT2D eigenvalue weighted by Gasteiger charge is 2.21. The molecule has 0 aliphatic rings.